The van der Waals surface area contributed by atoms with Gasteiger partial charge in [-0.3, -0.25) is 9.59 Å². The maximum atomic E-state index is 11.7. The Hall–Kier alpha value is -1.06. The molecule has 2 unspecified atom stereocenters. The zero-order valence-corrected chi connectivity index (χ0v) is 9.57. The lowest BCUT2D eigenvalue weighted by Gasteiger charge is -2.30. The normalized spacial score (nSPS) is 14.4. The van der Waals surface area contributed by atoms with Crippen molar-refractivity contribution in [1.82, 2.24) is 9.80 Å². The lowest BCUT2D eigenvalue weighted by Crippen LogP contribution is -2.47. The van der Waals surface area contributed by atoms with Gasteiger partial charge in [0.2, 0.25) is 5.91 Å². The molecule has 0 aromatic rings. The predicted molar refractivity (Wildman–Crippen MR) is 55.4 cm³/mol. The molecular weight excluding hydrogens is 180 g/mol. The van der Waals surface area contributed by atoms with E-state index in [0.29, 0.717) is 0 Å². The summed E-state index contributed by atoms with van der Waals surface area (Å²) in [4.78, 5) is 25.1. The van der Waals surface area contributed by atoms with Crippen LogP contribution in [0.5, 0.6) is 0 Å². The van der Waals surface area contributed by atoms with Crippen LogP contribution in [0.3, 0.4) is 0 Å². The summed E-state index contributed by atoms with van der Waals surface area (Å²) in [5, 5.41) is 0. The molecule has 0 aromatic heterocycles. The zero-order valence-electron chi connectivity index (χ0n) is 9.57. The van der Waals surface area contributed by atoms with E-state index in [1.54, 1.807) is 27.6 Å². The summed E-state index contributed by atoms with van der Waals surface area (Å²) < 4.78 is 0. The van der Waals surface area contributed by atoms with Crippen LogP contribution in [0.4, 0.5) is 0 Å². The van der Waals surface area contributed by atoms with Gasteiger partial charge in [-0.2, -0.15) is 0 Å². The fourth-order valence-corrected chi connectivity index (χ4v) is 1.34. The lowest BCUT2D eigenvalue weighted by atomic mass is 9.97. The van der Waals surface area contributed by atoms with Gasteiger partial charge in [0.25, 0.3) is 0 Å². The molecule has 81 valence electrons. The summed E-state index contributed by atoms with van der Waals surface area (Å²) in [6.07, 6.45) is 2.61. The highest BCUT2D eigenvalue weighted by atomic mass is 16.2. The van der Waals surface area contributed by atoms with Crippen molar-refractivity contribution in [3.05, 3.63) is 0 Å². The molecule has 0 aromatic carbocycles. The third kappa shape index (κ3) is 3.01. The minimum Gasteiger partial charge on any atom is -0.347 e. The molecule has 0 aliphatic carbocycles. The minimum absolute atomic E-state index is 0.0507. The van der Waals surface area contributed by atoms with Crippen molar-refractivity contribution in [1.29, 1.82) is 0 Å². The molecule has 4 nitrogen and oxygen atoms in total. The Bertz CT molecular complexity index is 204. The monoisotopic (exact) mass is 199 g/mol. The Morgan fingerprint density at radius 3 is 2.14 bits per heavy atom. The summed E-state index contributed by atoms with van der Waals surface area (Å²) in [5.41, 5.74) is 0. The molecule has 0 fully saturated rings. The Balaban J connectivity index is 4.71. The molecule has 0 aliphatic heterocycles. The Morgan fingerprint density at radius 1 is 1.36 bits per heavy atom. The van der Waals surface area contributed by atoms with E-state index in [-0.39, 0.29) is 11.8 Å². The summed E-state index contributed by atoms with van der Waals surface area (Å²) in [6, 6.07) is -0.396. The van der Waals surface area contributed by atoms with E-state index >= 15 is 0 Å². The molecular formula is C10H19N2O2. The first-order chi connectivity index (χ1) is 6.45. The molecule has 14 heavy (non-hydrogen) atoms. The summed E-state index contributed by atoms with van der Waals surface area (Å²) in [6.45, 7) is 3.96. The first-order valence-electron chi connectivity index (χ1n) is 4.77. The van der Waals surface area contributed by atoms with Gasteiger partial charge in [0.05, 0.1) is 0 Å². The van der Waals surface area contributed by atoms with Crippen molar-refractivity contribution >= 4 is 12.3 Å². The molecule has 0 rings (SSSR count). The standard InChI is InChI=1S/C10H19N2O2/c1-6-8(2)9(12(5)7-13)10(14)11(3)4/h8-9H,6H2,1-5H3. The fraction of sp³-hybridized carbons (Fsp3) is 0.800. The third-order valence-corrected chi connectivity index (χ3v) is 2.44. The molecule has 2 atom stereocenters. The number of hydrogen-bond donors (Lipinski definition) is 0. The predicted octanol–water partition coefficient (Wildman–Crippen LogP) is 0.488. The van der Waals surface area contributed by atoms with Crippen LogP contribution in [-0.4, -0.2) is 49.3 Å². The molecule has 0 saturated heterocycles. The zero-order chi connectivity index (χ0) is 11.3. The van der Waals surface area contributed by atoms with E-state index in [9.17, 15) is 9.59 Å². The van der Waals surface area contributed by atoms with E-state index in [4.69, 9.17) is 0 Å². The third-order valence-electron chi connectivity index (χ3n) is 2.44. The Labute approximate surface area is 85.9 Å². The molecule has 0 bridgehead atoms. The van der Waals surface area contributed by atoms with Gasteiger partial charge in [-0.25, -0.2) is 0 Å². The van der Waals surface area contributed by atoms with Crippen LogP contribution in [0.2, 0.25) is 0 Å². The van der Waals surface area contributed by atoms with Crippen molar-refractivity contribution in [3.8, 4) is 0 Å². The van der Waals surface area contributed by atoms with Crippen LogP contribution in [0.1, 0.15) is 20.3 Å². The SMILES string of the molecule is CCC(C)C(C(=O)N(C)C)N(C)[C]=O. The maximum Gasteiger partial charge on any atom is 0.312 e. The van der Waals surface area contributed by atoms with E-state index in [1.807, 2.05) is 13.8 Å². The first-order valence-corrected chi connectivity index (χ1v) is 4.77. The van der Waals surface area contributed by atoms with Gasteiger partial charge in [-0.15, -0.1) is 0 Å². The second-order valence-corrected chi connectivity index (χ2v) is 3.77. The molecule has 4 heteroatoms. The van der Waals surface area contributed by atoms with E-state index in [0.717, 1.165) is 6.42 Å². The summed E-state index contributed by atoms with van der Waals surface area (Å²) in [5.74, 6) is 0.0987. The van der Waals surface area contributed by atoms with Crippen LogP contribution in [0.15, 0.2) is 0 Å². The van der Waals surface area contributed by atoms with Crippen molar-refractivity contribution < 1.29 is 9.59 Å². The summed E-state index contributed by atoms with van der Waals surface area (Å²) in [7, 11) is 4.97. The van der Waals surface area contributed by atoms with Crippen LogP contribution in [-0.2, 0) is 9.59 Å². The molecule has 1 radical (unpaired) electrons. The highest BCUT2D eigenvalue weighted by Crippen LogP contribution is 2.14. The van der Waals surface area contributed by atoms with Crippen LogP contribution in [0.25, 0.3) is 0 Å². The highest BCUT2D eigenvalue weighted by Gasteiger charge is 2.28. The van der Waals surface area contributed by atoms with Gasteiger partial charge in [0, 0.05) is 21.1 Å². The quantitative estimate of drug-likeness (QED) is 0.605. The Kier molecular flexibility index (Phi) is 5.20. The maximum absolute atomic E-state index is 11.7. The largest absolute Gasteiger partial charge is 0.347 e. The van der Waals surface area contributed by atoms with E-state index in [1.165, 1.54) is 9.80 Å². The average molecular weight is 199 g/mol. The smallest absolute Gasteiger partial charge is 0.312 e. The van der Waals surface area contributed by atoms with Crippen molar-refractivity contribution in [2.75, 3.05) is 21.1 Å². The fourth-order valence-electron chi connectivity index (χ4n) is 1.34. The number of nitrogens with zero attached hydrogens (tertiary/aromatic N) is 2. The van der Waals surface area contributed by atoms with Crippen LogP contribution >= 0.6 is 0 Å². The highest BCUT2D eigenvalue weighted by molar-refractivity contribution is 5.83. The second kappa shape index (κ2) is 5.62. The van der Waals surface area contributed by atoms with Crippen molar-refractivity contribution in [2.45, 2.75) is 26.3 Å². The number of likely N-dealkylation sites (N-methyl/N-ethyl adjacent to an activating group) is 2. The van der Waals surface area contributed by atoms with E-state index < -0.39 is 6.04 Å². The number of carbonyl (C=O) groups excluding carboxylic acids is 2. The second-order valence-electron chi connectivity index (χ2n) is 3.77. The average Bonchev–Trinajstić information content (AvgIpc) is 2.16. The molecule has 0 spiro atoms. The van der Waals surface area contributed by atoms with Gasteiger partial charge < -0.3 is 9.80 Å². The molecule has 0 N–H and O–H groups in total. The van der Waals surface area contributed by atoms with E-state index in [2.05, 4.69) is 0 Å². The summed E-state index contributed by atoms with van der Waals surface area (Å²) >= 11 is 0. The van der Waals surface area contributed by atoms with Gasteiger partial charge in [-0.1, -0.05) is 20.3 Å². The number of rotatable bonds is 5. The number of hydrogen-bond acceptors (Lipinski definition) is 2. The van der Waals surface area contributed by atoms with Gasteiger partial charge in [0.1, 0.15) is 6.04 Å². The Morgan fingerprint density at radius 2 is 1.86 bits per heavy atom. The van der Waals surface area contributed by atoms with Gasteiger partial charge in [-0.05, 0) is 5.92 Å². The number of carbonyl (C=O) groups is 1. The minimum atomic E-state index is -0.396. The topological polar surface area (TPSA) is 40.6 Å². The first kappa shape index (κ1) is 12.9. The lowest BCUT2D eigenvalue weighted by molar-refractivity contribution is -0.134. The number of amides is 2. The molecule has 0 saturated carbocycles. The molecule has 2 amide bonds. The van der Waals surface area contributed by atoms with Crippen LogP contribution in [0, 0.1) is 5.92 Å². The van der Waals surface area contributed by atoms with Crippen molar-refractivity contribution in [2.24, 2.45) is 5.92 Å². The van der Waals surface area contributed by atoms with Gasteiger partial charge in [0.15, 0.2) is 0 Å². The van der Waals surface area contributed by atoms with Crippen LogP contribution < -0.4 is 0 Å². The molecule has 0 heterocycles. The molecule has 0 aliphatic rings. The van der Waals surface area contributed by atoms with Gasteiger partial charge >= 0.3 is 6.41 Å². The van der Waals surface area contributed by atoms with Crippen molar-refractivity contribution in [3.63, 3.8) is 0 Å².